The Morgan fingerprint density at radius 1 is 1.07 bits per heavy atom. The van der Waals surface area contributed by atoms with Gasteiger partial charge in [0.05, 0.1) is 0 Å². The van der Waals surface area contributed by atoms with Crippen LogP contribution in [0.15, 0.2) is 4.99 Å². The molecule has 2 aliphatic rings. The normalized spacial score (nSPS) is 23.9. The van der Waals surface area contributed by atoms with Gasteiger partial charge in [-0.3, -0.25) is 4.99 Å². The van der Waals surface area contributed by atoms with E-state index in [1.807, 2.05) is 7.05 Å². The van der Waals surface area contributed by atoms with Crippen LogP contribution >= 0.6 is 24.0 Å². The smallest absolute Gasteiger partial charge is 0.190 e. The van der Waals surface area contributed by atoms with Gasteiger partial charge >= 0.3 is 0 Å². The maximum absolute atomic E-state index is 4.39. The van der Waals surface area contributed by atoms with Crippen LogP contribution in [-0.4, -0.2) is 99.2 Å². The first-order valence-corrected chi connectivity index (χ1v) is 11.3. The van der Waals surface area contributed by atoms with Gasteiger partial charge in [-0.15, -0.1) is 24.0 Å². The number of halogens is 1. The predicted molar refractivity (Wildman–Crippen MR) is 132 cm³/mol. The highest BCUT2D eigenvalue weighted by Gasteiger charge is 2.18. The molecule has 0 bridgehead atoms. The van der Waals surface area contributed by atoms with E-state index in [4.69, 9.17) is 0 Å². The van der Waals surface area contributed by atoms with Crippen LogP contribution in [0, 0.1) is 5.92 Å². The minimum Gasteiger partial charge on any atom is -0.356 e. The van der Waals surface area contributed by atoms with Gasteiger partial charge in [0, 0.05) is 65.4 Å². The number of likely N-dealkylation sites (N-methyl/N-ethyl adjacent to an activating group) is 1. The minimum atomic E-state index is 0. The number of nitrogens with zero attached hydrogens (tertiary/aromatic N) is 4. The summed E-state index contributed by atoms with van der Waals surface area (Å²) < 4.78 is 0. The SMILES string of the molecule is CCN1CCN(CC(C)CNC(=NC)NCCCN2CCCCC2C)CC1.I. The Morgan fingerprint density at radius 3 is 2.43 bits per heavy atom. The molecular weight excluding hydrogens is 463 g/mol. The maximum Gasteiger partial charge on any atom is 0.190 e. The quantitative estimate of drug-likeness (QED) is 0.217. The van der Waals surface area contributed by atoms with E-state index in [-0.39, 0.29) is 24.0 Å². The Morgan fingerprint density at radius 2 is 1.79 bits per heavy atom. The first-order valence-electron chi connectivity index (χ1n) is 11.3. The van der Waals surface area contributed by atoms with E-state index in [0.717, 1.165) is 25.1 Å². The molecule has 0 aromatic carbocycles. The number of rotatable bonds is 9. The molecule has 0 spiro atoms. The van der Waals surface area contributed by atoms with Crippen molar-refractivity contribution in [2.75, 3.05) is 72.5 Å². The van der Waals surface area contributed by atoms with Crippen molar-refractivity contribution in [3.05, 3.63) is 0 Å². The molecule has 0 aromatic rings. The average molecular weight is 509 g/mol. The summed E-state index contributed by atoms with van der Waals surface area (Å²) in [5.41, 5.74) is 0. The van der Waals surface area contributed by atoms with Crippen molar-refractivity contribution in [1.29, 1.82) is 0 Å². The average Bonchev–Trinajstić information content (AvgIpc) is 2.69. The fourth-order valence-corrected chi connectivity index (χ4v) is 4.26. The van der Waals surface area contributed by atoms with Gasteiger partial charge in [-0.2, -0.15) is 0 Å². The van der Waals surface area contributed by atoms with Crippen LogP contribution in [0.25, 0.3) is 0 Å². The second-order valence-corrected chi connectivity index (χ2v) is 8.45. The molecule has 0 aromatic heterocycles. The Hall–Kier alpha value is -0.120. The lowest BCUT2D eigenvalue weighted by atomic mass is 10.0. The highest BCUT2D eigenvalue weighted by atomic mass is 127. The van der Waals surface area contributed by atoms with E-state index >= 15 is 0 Å². The number of nitrogens with one attached hydrogen (secondary N) is 2. The number of guanidine groups is 1. The molecule has 2 N–H and O–H groups in total. The summed E-state index contributed by atoms with van der Waals surface area (Å²) in [6.07, 6.45) is 5.32. The molecule has 2 unspecified atom stereocenters. The first-order chi connectivity index (χ1) is 13.1. The van der Waals surface area contributed by atoms with Crippen LogP contribution in [0.3, 0.4) is 0 Å². The molecule has 166 valence electrons. The van der Waals surface area contributed by atoms with Gasteiger partial charge in [-0.05, 0) is 45.2 Å². The second-order valence-electron chi connectivity index (χ2n) is 8.45. The van der Waals surface area contributed by atoms with E-state index in [0.29, 0.717) is 5.92 Å². The maximum atomic E-state index is 4.39. The topological polar surface area (TPSA) is 46.1 Å². The fraction of sp³-hybridized carbons (Fsp3) is 0.952. The predicted octanol–water partition coefficient (Wildman–Crippen LogP) is 2.31. The van der Waals surface area contributed by atoms with E-state index in [2.05, 4.69) is 51.1 Å². The van der Waals surface area contributed by atoms with Crippen molar-refractivity contribution in [2.45, 2.75) is 52.5 Å². The third kappa shape index (κ3) is 9.59. The number of likely N-dealkylation sites (tertiary alicyclic amines) is 1. The molecule has 2 atom stereocenters. The van der Waals surface area contributed by atoms with Crippen LogP contribution in [0.5, 0.6) is 0 Å². The third-order valence-electron chi connectivity index (χ3n) is 6.18. The fourth-order valence-electron chi connectivity index (χ4n) is 4.26. The Labute approximate surface area is 190 Å². The molecular formula is C21H45IN6. The zero-order valence-electron chi connectivity index (χ0n) is 18.8. The zero-order valence-corrected chi connectivity index (χ0v) is 21.1. The van der Waals surface area contributed by atoms with Gasteiger partial charge in [0.2, 0.25) is 0 Å². The highest BCUT2D eigenvalue weighted by molar-refractivity contribution is 14.0. The third-order valence-corrected chi connectivity index (χ3v) is 6.18. The van der Waals surface area contributed by atoms with E-state index in [1.54, 1.807) is 0 Å². The lowest BCUT2D eigenvalue weighted by Gasteiger charge is -2.35. The molecule has 0 radical (unpaired) electrons. The van der Waals surface area contributed by atoms with Crippen LogP contribution < -0.4 is 10.6 Å². The van der Waals surface area contributed by atoms with Gasteiger partial charge in [0.15, 0.2) is 5.96 Å². The summed E-state index contributed by atoms with van der Waals surface area (Å²) in [5, 5.41) is 7.00. The second kappa shape index (κ2) is 14.8. The molecule has 2 rings (SSSR count). The Balaban J connectivity index is 0.00000392. The van der Waals surface area contributed by atoms with Crippen LogP contribution in [0.1, 0.15) is 46.5 Å². The van der Waals surface area contributed by atoms with Crippen LogP contribution in [0.4, 0.5) is 0 Å². The summed E-state index contributed by atoms with van der Waals surface area (Å²) in [6.45, 7) is 18.6. The van der Waals surface area contributed by atoms with Gasteiger partial charge in [0.25, 0.3) is 0 Å². The van der Waals surface area contributed by atoms with Gasteiger partial charge in [0.1, 0.15) is 0 Å². The van der Waals surface area contributed by atoms with E-state index in [1.165, 1.54) is 78.0 Å². The first kappa shape index (κ1) is 25.9. The van der Waals surface area contributed by atoms with E-state index in [9.17, 15) is 0 Å². The Kier molecular flexibility index (Phi) is 13.7. The molecule has 28 heavy (non-hydrogen) atoms. The van der Waals surface area contributed by atoms with Gasteiger partial charge in [-0.25, -0.2) is 0 Å². The summed E-state index contributed by atoms with van der Waals surface area (Å²) in [5.74, 6) is 1.58. The molecule has 0 amide bonds. The lowest BCUT2D eigenvalue weighted by molar-refractivity contribution is 0.124. The number of hydrogen-bond donors (Lipinski definition) is 2. The summed E-state index contributed by atoms with van der Waals surface area (Å²) in [4.78, 5) is 12.2. The molecule has 2 fully saturated rings. The zero-order chi connectivity index (χ0) is 19.5. The van der Waals surface area contributed by atoms with Crippen molar-refractivity contribution in [1.82, 2.24) is 25.3 Å². The number of aliphatic imine (C=N–C) groups is 1. The number of hydrogen-bond acceptors (Lipinski definition) is 4. The van der Waals surface area contributed by atoms with Crippen molar-refractivity contribution < 1.29 is 0 Å². The van der Waals surface area contributed by atoms with Crippen LogP contribution in [0.2, 0.25) is 0 Å². The standard InChI is InChI=1S/C21H44N6.HI/c1-5-25-13-15-26(16-14-25)18-19(2)17-24-21(22-4)23-10-8-12-27-11-7-6-9-20(27)3;/h19-20H,5-18H2,1-4H3,(H2,22,23,24);1H. The van der Waals surface area contributed by atoms with Gasteiger partial charge < -0.3 is 25.3 Å². The van der Waals surface area contributed by atoms with Crippen molar-refractivity contribution in [3.63, 3.8) is 0 Å². The van der Waals surface area contributed by atoms with E-state index < -0.39 is 0 Å². The Bertz CT molecular complexity index is 425. The summed E-state index contributed by atoms with van der Waals surface area (Å²) >= 11 is 0. The highest BCUT2D eigenvalue weighted by Crippen LogP contribution is 2.16. The molecule has 2 aliphatic heterocycles. The van der Waals surface area contributed by atoms with Crippen molar-refractivity contribution in [3.8, 4) is 0 Å². The monoisotopic (exact) mass is 508 g/mol. The number of piperidine rings is 1. The molecule has 0 saturated carbocycles. The molecule has 0 aliphatic carbocycles. The van der Waals surface area contributed by atoms with Crippen molar-refractivity contribution in [2.24, 2.45) is 10.9 Å². The summed E-state index contributed by atoms with van der Waals surface area (Å²) in [7, 11) is 1.87. The molecule has 2 heterocycles. The molecule has 2 saturated heterocycles. The largest absolute Gasteiger partial charge is 0.356 e. The van der Waals surface area contributed by atoms with Crippen LogP contribution in [-0.2, 0) is 0 Å². The molecule has 6 nitrogen and oxygen atoms in total. The van der Waals surface area contributed by atoms with Gasteiger partial charge in [-0.1, -0.05) is 20.3 Å². The lowest BCUT2D eigenvalue weighted by Crippen LogP contribution is -2.48. The van der Waals surface area contributed by atoms with Crippen molar-refractivity contribution >= 4 is 29.9 Å². The molecule has 7 heteroatoms. The summed E-state index contributed by atoms with van der Waals surface area (Å²) in [6, 6.07) is 0.760. The number of piperazine rings is 1. The minimum absolute atomic E-state index is 0.